The van der Waals surface area contributed by atoms with E-state index in [-0.39, 0.29) is 28.0 Å². The van der Waals surface area contributed by atoms with Gasteiger partial charge in [-0.1, -0.05) is 58.4 Å². The van der Waals surface area contributed by atoms with Crippen LogP contribution in [0.5, 0.6) is 0 Å². The van der Waals surface area contributed by atoms with Crippen molar-refractivity contribution in [3.8, 4) is 0 Å². The summed E-state index contributed by atoms with van der Waals surface area (Å²) in [7, 11) is -4.42. The van der Waals surface area contributed by atoms with Gasteiger partial charge in [0.1, 0.15) is 0 Å². The maximum Gasteiger partial charge on any atom is 0.294 e. The van der Waals surface area contributed by atoms with Gasteiger partial charge >= 0.3 is 0 Å². The standard InChI is InChI=1S/C14H8O5S.C9H21N/c15-13-9-3-1-2-4-10(9)14(16)12-7-8(20(17,18)19)5-6-11(12)13;1-5-8(4)9(10,6-2)7-3/h1-7H,(H,17,18,19);8H,5-7,10H2,1-4H3. The predicted octanol–water partition coefficient (Wildman–Crippen LogP) is 4.26. The van der Waals surface area contributed by atoms with Crippen LogP contribution in [-0.2, 0) is 10.1 Å². The number of hydrogen-bond acceptors (Lipinski definition) is 5. The van der Waals surface area contributed by atoms with Crippen LogP contribution >= 0.6 is 0 Å². The highest BCUT2D eigenvalue weighted by atomic mass is 32.2. The molecule has 0 aromatic heterocycles. The Morgan fingerprint density at radius 1 is 0.900 bits per heavy atom. The summed E-state index contributed by atoms with van der Waals surface area (Å²) in [5.74, 6) is -0.111. The molecule has 6 nitrogen and oxygen atoms in total. The summed E-state index contributed by atoms with van der Waals surface area (Å²) in [5, 5.41) is 0. The molecule has 0 fully saturated rings. The van der Waals surface area contributed by atoms with E-state index in [9.17, 15) is 18.0 Å². The first kappa shape index (κ1) is 23.9. The average Bonchev–Trinajstić information content (AvgIpc) is 2.75. The van der Waals surface area contributed by atoms with Crippen molar-refractivity contribution in [2.75, 3.05) is 0 Å². The smallest absolute Gasteiger partial charge is 0.294 e. The van der Waals surface area contributed by atoms with Crippen molar-refractivity contribution in [1.29, 1.82) is 0 Å². The third kappa shape index (κ3) is 4.69. The molecule has 1 unspecified atom stereocenters. The second-order valence-corrected chi connectivity index (χ2v) is 9.06. The molecule has 3 rings (SSSR count). The highest BCUT2D eigenvalue weighted by Gasteiger charge is 2.30. The monoisotopic (exact) mass is 431 g/mol. The summed E-state index contributed by atoms with van der Waals surface area (Å²) in [6.45, 7) is 8.80. The summed E-state index contributed by atoms with van der Waals surface area (Å²) in [6.07, 6.45) is 3.38. The van der Waals surface area contributed by atoms with Crippen LogP contribution in [0, 0.1) is 5.92 Å². The summed E-state index contributed by atoms with van der Waals surface area (Å²) in [6, 6.07) is 9.72. The molecule has 0 heterocycles. The molecule has 2 aromatic rings. The Balaban J connectivity index is 0.000000274. The lowest BCUT2D eigenvalue weighted by atomic mass is 9.80. The van der Waals surface area contributed by atoms with Gasteiger partial charge < -0.3 is 5.73 Å². The SMILES string of the molecule is CCC(C)C(N)(CC)CC.O=C1c2ccccc2C(=O)c2cc(S(=O)(=O)O)ccc21. The van der Waals surface area contributed by atoms with Gasteiger partial charge in [0.15, 0.2) is 11.6 Å². The van der Waals surface area contributed by atoms with Crippen LogP contribution in [0.4, 0.5) is 0 Å². The average molecular weight is 432 g/mol. The minimum atomic E-state index is -4.42. The van der Waals surface area contributed by atoms with E-state index in [0.717, 1.165) is 25.0 Å². The van der Waals surface area contributed by atoms with Gasteiger partial charge in [-0.15, -0.1) is 0 Å². The zero-order valence-corrected chi connectivity index (χ0v) is 18.6. The van der Waals surface area contributed by atoms with Crippen LogP contribution in [0.15, 0.2) is 47.4 Å². The van der Waals surface area contributed by atoms with Gasteiger partial charge in [-0.3, -0.25) is 14.1 Å². The molecule has 0 radical (unpaired) electrons. The van der Waals surface area contributed by atoms with E-state index in [4.69, 9.17) is 10.3 Å². The topological polar surface area (TPSA) is 115 Å². The summed E-state index contributed by atoms with van der Waals surface area (Å²) >= 11 is 0. The van der Waals surface area contributed by atoms with Crippen molar-refractivity contribution < 1.29 is 22.6 Å². The minimum absolute atomic E-state index is 0.0103. The summed E-state index contributed by atoms with van der Waals surface area (Å²) in [4.78, 5) is 24.1. The van der Waals surface area contributed by atoms with Gasteiger partial charge in [0, 0.05) is 27.8 Å². The molecule has 30 heavy (non-hydrogen) atoms. The van der Waals surface area contributed by atoms with Crippen molar-refractivity contribution in [3.63, 3.8) is 0 Å². The molecule has 162 valence electrons. The van der Waals surface area contributed by atoms with E-state index in [1.165, 1.54) is 18.6 Å². The Kier molecular flexibility index (Phi) is 7.34. The molecule has 2 aromatic carbocycles. The van der Waals surface area contributed by atoms with Crippen molar-refractivity contribution in [1.82, 2.24) is 0 Å². The number of hydrogen-bond donors (Lipinski definition) is 2. The first-order valence-electron chi connectivity index (χ1n) is 10.1. The Morgan fingerprint density at radius 3 is 1.77 bits per heavy atom. The van der Waals surface area contributed by atoms with Crippen LogP contribution in [0.2, 0.25) is 0 Å². The van der Waals surface area contributed by atoms with E-state index in [1.807, 2.05) is 0 Å². The van der Waals surface area contributed by atoms with Crippen LogP contribution in [0.1, 0.15) is 78.8 Å². The molecule has 7 heteroatoms. The molecular formula is C23H29NO5S. The van der Waals surface area contributed by atoms with Crippen LogP contribution in [0.25, 0.3) is 0 Å². The van der Waals surface area contributed by atoms with Crippen LogP contribution in [-0.4, -0.2) is 30.1 Å². The van der Waals surface area contributed by atoms with Crippen LogP contribution in [0.3, 0.4) is 0 Å². The first-order chi connectivity index (χ1) is 14.0. The van der Waals surface area contributed by atoms with Crippen molar-refractivity contribution in [2.24, 2.45) is 11.7 Å². The Labute approximate surface area is 178 Å². The Bertz CT molecular complexity index is 1060. The third-order valence-corrected chi connectivity index (χ3v) is 6.95. The van der Waals surface area contributed by atoms with Gasteiger partial charge in [-0.05, 0) is 37.0 Å². The molecule has 3 N–H and O–H groups in total. The molecule has 1 aliphatic carbocycles. The fourth-order valence-electron chi connectivity index (χ4n) is 3.59. The number of carbonyl (C=O) groups is 2. The molecule has 0 spiro atoms. The Morgan fingerprint density at radius 2 is 1.37 bits per heavy atom. The number of fused-ring (bicyclic) bond motifs is 2. The zero-order chi connectivity index (χ0) is 22.7. The maximum atomic E-state index is 12.3. The summed E-state index contributed by atoms with van der Waals surface area (Å²) in [5.41, 5.74) is 6.90. The number of benzene rings is 2. The predicted molar refractivity (Wildman–Crippen MR) is 117 cm³/mol. The van der Waals surface area contributed by atoms with Gasteiger partial charge in [-0.2, -0.15) is 8.42 Å². The van der Waals surface area contributed by atoms with E-state index in [2.05, 4.69) is 27.7 Å². The molecule has 0 saturated carbocycles. The third-order valence-electron chi connectivity index (χ3n) is 6.10. The molecule has 0 amide bonds. The molecule has 0 aliphatic heterocycles. The van der Waals surface area contributed by atoms with Gasteiger partial charge in [-0.25, -0.2) is 0 Å². The number of carbonyl (C=O) groups excluding carboxylic acids is 2. The van der Waals surface area contributed by atoms with Gasteiger partial charge in [0.05, 0.1) is 4.90 Å². The second-order valence-electron chi connectivity index (χ2n) is 7.64. The van der Waals surface area contributed by atoms with E-state index < -0.39 is 20.8 Å². The van der Waals surface area contributed by atoms with Crippen molar-refractivity contribution in [2.45, 2.75) is 57.4 Å². The molecule has 0 saturated heterocycles. The number of nitrogens with two attached hydrogens (primary N) is 1. The molecule has 0 bridgehead atoms. The second kappa shape index (κ2) is 9.20. The van der Waals surface area contributed by atoms with Gasteiger partial charge in [0.2, 0.25) is 0 Å². The quantitative estimate of drug-likeness (QED) is 0.583. The highest BCUT2D eigenvalue weighted by Crippen LogP contribution is 2.28. The van der Waals surface area contributed by atoms with E-state index >= 15 is 0 Å². The van der Waals surface area contributed by atoms with E-state index in [1.54, 1.807) is 18.2 Å². The number of ketones is 2. The molecule has 1 atom stereocenters. The van der Waals surface area contributed by atoms with Gasteiger partial charge in [0.25, 0.3) is 10.1 Å². The minimum Gasteiger partial charge on any atom is -0.325 e. The maximum absolute atomic E-state index is 12.3. The zero-order valence-electron chi connectivity index (χ0n) is 17.8. The van der Waals surface area contributed by atoms with Crippen molar-refractivity contribution in [3.05, 3.63) is 64.7 Å². The lowest BCUT2D eigenvalue weighted by molar-refractivity contribution is 0.0979. The number of rotatable bonds is 5. The normalized spacial score (nSPS) is 14.3. The lowest BCUT2D eigenvalue weighted by Crippen LogP contribution is -2.44. The van der Waals surface area contributed by atoms with E-state index in [0.29, 0.717) is 11.5 Å². The lowest BCUT2D eigenvalue weighted by Gasteiger charge is -2.33. The summed E-state index contributed by atoms with van der Waals surface area (Å²) < 4.78 is 31.2. The first-order valence-corrected chi connectivity index (χ1v) is 11.5. The molecular weight excluding hydrogens is 402 g/mol. The van der Waals surface area contributed by atoms with Crippen LogP contribution < -0.4 is 5.73 Å². The largest absolute Gasteiger partial charge is 0.325 e. The highest BCUT2D eigenvalue weighted by molar-refractivity contribution is 7.85. The fourth-order valence-corrected chi connectivity index (χ4v) is 4.10. The van der Waals surface area contributed by atoms with Crippen molar-refractivity contribution >= 4 is 21.7 Å². The molecule has 1 aliphatic rings. The Hall–Kier alpha value is -2.35. The fraction of sp³-hybridized carbons (Fsp3) is 0.391.